The zero-order chi connectivity index (χ0) is 17.3. The summed E-state index contributed by atoms with van der Waals surface area (Å²) in [6.07, 6.45) is 1.55. The maximum atomic E-state index is 12.9. The van der Waals surface area contributed by atoms with Gasteiger partial charge >= 0.3 is 0 Å². The number of imide groups is 1. The number of nitrogens with zero attached hydrogens (tertiary/aromatic N) is 1. The minimum Gasteiger partial charge on any atom is -0.268 e. The van der Waals surface area contributed by atoms with Gasteiger partial charge in [0, 0.05) is 15.6 Å². The summed E-state index contributed by atoms with van der Waals surface area (Å²) in [4.78, 5) is 26.0. The first-order valence-electron chi connectivity index (χ1n) is 6.89. The second-order valence-electron chi connectivity index (χ2n) is 5.02. The van der Waals surface area contributed by atoms with Crippen LogP contribution in [0.5, 0.6) is 0 Å². The van der Waals surface area contributed by atoms with Crippen LogP contribution in [-0.4, -0.2) is 16.0 Å². The molecule has 0 saturated carbocycles. The van der Waals surface area contributed by atoms with E-state index >= 15 is 0 Å². The van der Waals surface area contributed by atoms with E-state index in [1.165, 1.54) is 24.3 Å². The second kappa shape index (κ2) is 6.97. The number of carbonyl (C=O) groups is 2. The molecule has 3 nitrogen and oxygen atoms in total. The molecule has 1 aliphatic rings. The predicted molar refractivity (Wildman–Crippen MR) is 94.4 cm³/mol. The van der Waals surface area contributed by atoms with Crippen LogP contribution in [0.4, 0.5) is 9.18 Å². The Labute approximate surface area is 152 Å². The fourth-order valence-electron chi connectivity index (χ4n) is 2.19. The predicted octanol–water partition coefficient (Wildman–Crippen LogP) is 5.37. The Morgan fingerprint density at radius 1 is 1.04 bits per heavy atom. The monoisotopic (exact) mass is 381 g/mol. The van der Waals surface area contributed by atoms with Gasteiger partial charge in [0.1, 0.15) is 5.82 Å². The number of thioether (sulfide) groups is 1. The van der Waals surface area contributed by atoms with E-state index in [9.17, 15) is 14.0 Å². The number of hydrogen-bond acceptors (Lipinski definition) is 3. The topological polar surface area (TPSA) is 37.4 Å². The van der Waals surface area contributed by atoms with Crippen molar-refractivity contribution < 1.29 is 14.0 Å². The number of carbonyl (C=O) groups excluding carboxylic acids is 2. The fraction of sp³-hybridized carbons (Fsp3) is 0.0588. The van der Waals surface area contributed by atoms with Gasteiger partial charge in [-0.2, -0.15) is 0 Å². The zero-order valence-electron chi connectivity index (χ0n) is 12.1. The molecule has 7 heteroatoms. The van der Waals surface area contributed by atoms with Crippen molar-refractivity contribution in [3.05, 3.63) is 74.4 Å². The van der Waals surface area contributed by atoms with Gasteiger partial charge in [0.05, 0.1) is 11.4 Å². The summed E-state index contributed by atoms with van der Waals surface area (Å²) >= 11 is 13.0. The van der Waals surface area contributed by atoms with E-state index < -0.39 is 11.1 Å². The Morgan fingerprint density at radius 3 is 2.29 bits per heavy atom. The van der Waals surface area contributed by atoms with Crippen LogP contribution < -0.4 is 0 Å². The van der Waals surface area contributed by atoms with E-state index in [1.807, 2.05) is 0 Å². The molecule has 2 aromatic rings. The van der Waals surface area contributed by atoms with E-state index in [4.69, 9.17) is 23.2 Å². The molecular weight excluding hydrogens is 372 g/mol. The van der Waals surface area contributed by atoms with Crippen molar-refractivity contribution in [2.24, 2.45) is 0 Å². The maximum Gasteiger partial charge on any atom is 0.293 e. The Kier molecular flexibility index (Phi) is 4.94. The highest BCUT2D eigenvalue weighted by molar-refractivity contribution is 8.18. The molecule has 3 rings (SSSR count). The Bertz CT molecular complexity index is 832. The molecule has 0 spiro atoms. The zero-order valence-corrected chi connectivity index (χ0v) is 14.5. The van der Waals surface area contributed by atoms with E-state index in [1.54, 1.807) is 24.3 Å². The van der Waals surface area contributed by atoms with Gasteiger partial charge in [-0.05, 0) is 47.7 Å². The van der Waals surface area contributed by atoms with Crippen LogP contribution in [0.25, 0.3) is 6.08 Å². The largest absolute Gasteiger partial charge is 0.293 e. The smallest absolute Gasteiger partial charge is 0.268 e. The van der Waals surface area contributed by atoms with Crippen LogP contribution in [0.1, 0.15) is 11.1 Å². The number of benzene rings is 2. The molecule has 0 N–H and O–H groups in total. The molecule has 24 heavy (non-hydrogen) atoms. The molecule has 122 valence electrons. The van der Waals surface area contributed by atoms with E-state index in [2.05, 4.69) is 0 Å². The molecule has 0 bridgehead atoms. The van der Waals surface area contributed by atoms with E-state index in [0.717, 1.165) is 16.7 Å². The Balaban J connectivity index is 1.85. The van der Waals surface area contributed by atoms with Crippen molar-refractivity contribution in [2.45, 2.75) is 6.54 Å². The van der Waals surface area contributed by atoms with Crippen molar-refractivity contribution in [3.63, 3.8) is 0 Å². The highest BCUT2D eigenvalue weighted by atomic mass is 35.5. The summed E-state index contributed by atoms with van der Waals surface area (Å²) in [5.74, 6) is -0.793. The summed E-state index contributed by atoms with van der Waals surface area (Å²) in [6, 6.07) is 10.6. The third-order valence-corrected chi connectivity index (χ3v) is 5.03. The quantitative estimate of drug-likeness (QED) is 0.670. The molecule has 0 unspecified atom stereocenters. The first kappa shape index (κ1) is 17.0. The third-order valence-electron chi connectivity index (χ3n) is 3.42. The SMILES string of the molecule is O=C1S/C(=C/c2ccc(F)cc2)C(=O)N1Cc1c(Cl)cccc1Cl. The van der Waals surface area contributed by atoms with Crippen molar-refractivity contribution in [2.75, 3.05) is 0 Å². The van der Waals surface area contributed by atoms with E-state index in [-0.39, 0.29) is 17.3 Å². The standard InChI is InChI=1S/C17H10Cl2FNO2S/c18-13-2-1-3-14(19)12(13)9-21-16(22)15(24-17(21)23)8-10-4-6-11(20)7-5-10/h1-8H,9H2/b15-8+. The fourth-order valence-corrected chi connectivity index (χ4v) is 3.54. The van der Waals surface area contributed by atoms with Crippen molar-refractivity contribution in [3.8, 4) is 0 Å². The first-order chi connectivity index (χ1) is 11.5. The normalized spacial score (nSPS) is 16.3. The molecule has 2 aromatic carbocycles. The average molecular weight is 382 g/mol. The molecule has 0 aromatic heterocycles. The van der Waals surface area contributed by atoms with Gasteiger partial charge in [0.2, 0.25) is 0 Å². The number of hydrogen-bond donors (Lipinski definition) is 0. The molecule has 1 saturated heterocycles. The lowest BCUT2D eigenvalue weighted by Crippen LogP contribution is -2.27. The molecule has 1 heterocycles. The summed E-state index contributed by atoms with van der Waals surface area (Å²) in [5.41, 5.74) is 1.16. The highest BCUT2D eigenvalue weighted by Crippen LogP contribution is 2.35. The van der Waals surface area contributed by atoms with Gasteiger partial charge < -0.3 is 0 Å². The number of rotatable bonds is 3. The molecular formula is C17H10Cl2FNO2S. The molecule has 1 fully saturated rings. The van der Waals surface area contributed by atoms with Crippen molar-refractivity contribution in [1.29, 1.82) is 0 Å². The molecule has 0 atom stereocenters. The molecule has 2 amide bonds. The lowest BCUT2D eigenvalue weighted by Gasteiger charge is -2.14. The van der Waals surface area contributed by atoms with Crippen LogP contribution >= 0.6 is 35.0 Å². The van der Waals surface area contributed by atoms with Crippen LogP contribution in [-0.2, 0) is 11.3 Å². The molecule has 0 aliphatic carbocycles. The molecule has 0 radical (unpaired) electrons. The first-order valence-corrected chi connectivity index (χ1v) is 8.47. The summed E-state index contributed by atoms with van der Waals surface area (Å²) in [6.45, 7) is 0.00390. The second-order valence-corrected chi connectivity index (χ2v) is 6.83. The average Bonchev–Trinajstić information content (AvgIpc) is 2.80. The van der Waals surface area contributed by atoms with Crippen molar-refractivity contribution in [1.82, 2.24) is 4.90 Å². The lowest BCUT2D eigenvalue weighted by atomic mass is 10.2. The van der Waals surface area contributed by atoms with Crippen LogP contribution in [0.15, 0.2) is 47.4 Å². The highest BCUT2D eigenvalue weighted by Gasteiger charge is 2.35. The minimum absolute atomic E-state index is 0.00390. The summed E-state index contributed by atoms with van der Waals surface area (Å²) < 4.78 is 12.9. The van der Waals surface area contributed by atoms with Crippen molar-refractivity contribution >= 4 is 52.2 Å². The van der Waals surface area contributed by atoms with Gasteiger partial charge in [0.25, 0.3) is 11.1 Å². The summed E-state index contributed by atoms with van der Waals surface area (Å²) in [5, 5.41) is 0.387. The van der Waals surface area contributed by atoms with Gasteiger partial charge in [-0.25, -0.2) is 4.39 Å². The molecule has 1 aliphatic heterocycles. The van der Waals surface area contributed by atoms with Crippen LogP contribution in [0.3, 0.4) is 0 Å². The van der Waals surface area contributed by atoms with Gasteiger partial charge in [0.15, 0.2) is 0 Å². The minimum atomic E-state index is -0.426. The van der Waals surface area contributed by atoms with Gasteiger partial charge in [-0.15, -0.1) is 0 Å². The van der Waals surface area contributed by atoms with E-state index in [0.29, 0.717) is 21.2 Å². The summed E-state index contributed by atoms with van der Waals surface area (Å²) in [7, 11) is 0. The van der Waals surface area contributed by atoms with Gasteiger partial charge in [-0.3, -0.25) is 14.5 Å². The van der Waals surface area contributed by atoms with Crippen LogP contribution in [0, 0.1) is 5.82 Å². The Morgan fingerprint density at radius 2 is 1.67 bits per heavy atom. The third kappa shape index (κ3) is 3.48. The maximum absolute atomic E-state index is 12.9. The van der Waals surface area contributed by atoms with Gasteiger partial charge in [-0.1, -0.05) is 41.4 Å². The number of halogens is 3. The lowest BCUT2D eigenvalue weighted by molar-refractivity contribution is -0.123. The number of amides is 2. The Hall–Kier alpha value is -1.82. The van der Waals surface area contributed by atoms with Crippen LogP contribution in [0.2, 0.25) is 10.0 Å².